The van der Waals surface area contributed by atoms with Gasteiger partial charge in [-0.15, -0.1) is 0 Å². The molecule has 0 unspecified atom stereocenters. The molecule has 1 N–H and O–H groups in total. The van der Waals surface area contributed by atoms with Gasteiger partial charge in [0.15, 0.2) is 6.10 Å². The van der Waals surface area contributed by atoms with Crippen LogP contribution in [0.3, 0.4) is 0 Å². The highest BCUT2D eigenvalue weighted by Crippen LogP contribution is 2.19. The second-order valence-corrected chi connectivity index (χ2v) is 4.51. The largest absolute Gasteiger partial charge is 0.497 e. The van der Waals surface area contributed by atoms with Gasteiger partial charge in [0.2, 0.25) is 0 Å². The number of nitrogens with zero attached hydrogens (tertiary/aromatic N) is 1. The Morgan fingerprint density at radius 2 is 1.95 bits per heavy atom. The molecule has 0 aliphatic rings. The number of carbonyl (C=O) groups is 1. The Morgan fingerprint density at radius 1 is 1.24 bits per heavy atom. The molecule has 0 saturated heterocycles. The van der Waals surface area contributed by atoms with Crippen molar-refractivity contribution in [3.8, 4) is 11.5 Å². The minimum Gasteiger partial charge on any atom is -0.497 e. The lowest BCUT2D eigenvalue weighted by molar-refractivity contribution is -0.127. The summed E-state index contributed by atoms with van der Waals surface area (Å²) in [7, 11) is 1.59. The molecule has 0 saturated carbocycles. The molecule has 1 aromatic heterocycles. The van der Waals surface area contributed by atoms with Gasteiger partial charge in [-0.3, -0.25) is 9.78 Å². The van der Waals surface area contributed by atoms with Crippen LogP contribution in [0.5, 0.6) is 11.5 Å². The van der Waals surface area contributed by atoms with Gasteiger partial charge in [-0.2, -0.15) is 0 Å². The fourth-order valence-electron chi connectivity index (χ4n) is 1.77. The lowest BCUT2D eigenvalue weighted by Gasteiger charge is -2.15. The highest BCUT2D eigenvalue weighted by Gasteiger charge is 2.14. The van der Waals surface area contributed by atoms with Crippen LogP contribution in [0, 0.1) is 0 Å². The Hall–Kier alpha value is -2.56. The van der Waals surface area contributed by atoms with Gasteiger partial charge in [-0.1, -0.05) is 6.07 Å². The van der Waals surface area contributed by atoms with E-state index in [1.807, 2.05) is 24.3 Å². The van der Waals surface area contributed by atoms with Gasteiger partial charge < -0.3 is 14.8 Å². The number of hydrogen-bond acceptors (Lipinski definition) is 4. The number of rotatable bonds is 6. The first kappa shape index (κ1) is 14.8. The topological polar surface area (TPSA) is 60.5 Å². The number of methoxy groups -OCH3 is 1. The number of nitrogens with one attached hydrogen (secondary N) is 1. The fourth-order valence-corrected chi connectivity index (χ4v) is 1.77. The summed E-state index contributed by atoms with van der Waals surface area (Å²) in [6.45, 7) is 2.16. The summed E-state index contributed by atoms with van der Waals surface area (Å²) in [6, 6.07) is 10.9. The summed E-state index contributed by atoms with van der Waals surface area (Å²) in [4.78, 5) is 15.9. The van der Waals surface area contributed by atoms with Crippen LogP contribution in [0.15, 0.2) is 48.8 Å². The first-order valence-electron chi connectivity index (χ1n) is 6.66. The van der Waals surface area contributed by atoms with Crippen molar-refractivity contribution in [1.29, 1.82) is 0 Å². The zero-order valence-corrected chi connectivity index (χ0v) is 12.1. The van der Waals surface area contributed by atoms with Crippen LogP contribution in [-0.2, 0) is 11.3 Å². The predicted octanol–water partition coefficient (Wildman–Crippen LogP) is 2.17. The Kier molecular flexibility index (Phi) is 5.15. The van der Waals surface area contributed by atoms with Crippen molar-refractivity contribution in [2.24, 2.45) is 0 Å². The smallest absolute Gasteiger partial charge is 0.261 e. The van der Waals surface area contributed by atoms with Crippen LogP contribution < -0.4 is 14.8 Å². The molecule has 5 heteroatoms. The van der Waals surface area contributed by atoms with Crippen molar-refractivity contribution in [2.75, 3.05) is 7.11 Å². The minimum atomic E-state index is -0.584. The maximum Gasteiger partial charge on any atom is 0.261 e. The van der Waals surface area contributed by atoms with E-state index in [0.29, 0.717) is 18.0 Å². The maximum atomic E-state index is 12.0. The van der Waals surface area contributed by atoms with E-state index in [2.05, 4.69) is 10.3 Å². The molecule has 1 amide bonds. The van der Waals surface area contributed by atoms with Crippen LogP contribution in [-0.4, -0.2) is 24.1 Å². The van der Waals surface area contributed by atoms with E-state index in [1.54, 1.807) is 38.6 Å². The molecule has 2 aromatic rings. The quantitative estimate of drug-likeness (QED) is 0.884. The van der Waals surface area contributed by atoms with E-state index in [4.69, 9.17) is 9.47 Å². The van der Waals surface area contributed by atoms with Crippen molar-refractivity contribution >= 4 is 5.91 Å². The summed E-state index contributed by atoms with van der Waals surface area (Å²) < 4.78 is 10.7. The maximum absolute atomic E-state index is 12.0. The van der Waals surface area contributed by atoms with Gasteiger partial charge in [-0.05, 0) is 36.8 Å². The van der Waals surface area contributed by atoms with E-state index >= 15 is 0 Å². The lowest BCUT2D eigenvalue weighted by atomic mass is 10.2. The SMILES string of the molecule is COc1cccc(O[C@H](C)C(=O)NCc2ccncc2)c1. The normalized spacial score (nSPS) is 11.5. The highest BCUT2D eigenvalue weighted by molar-refractivity contribution is 5.80. The molecule has 5 nitrogen and oxygen atoms in total. The fraction of sp³-hybridized carbons (Fsp3) is 0.250. The third kappa shape index (κ3) is 4.49. The zero-order valence-electron chi connectivity index (χ0n) is 12.1. The molecule has 1 aromatic carbocycles. The number of ether oxygens (including phenoxy) is 2. The molecular formula is C16H18N2O3. The van der Waals surface area contributed by atoms with Crippen LogP contribution in [0.1, 0.15) is 12.5 Å². The Morgan fingerprint density at radius 3 is 2.67 bits per heavy atom. The molecule has 0 aliphatic heterocycles. The first-order valence-corrected chi connectivity index (χ1v) is 6.66. The Labute approximate surface area is 123 Å². The van der Waals surface area contributed by atoms with Gasteiger partial charge in [0.25, 0.3) is 5.91 Å². The molecule has 0 bridgehead atoms. The third-order valence-corrected chi connectivity index (χ3v) is 2.94. The van der Waals surface area contributed by atoms with Crippen molar-refractivity contribution < 1.29 is 14.3 Å². The minimum absolute atomic E-state index is 0.172. The highest BCUT2D eigenvalue weighted by atomic mass is 16.5. The molecule has 1 heterocycles. The van der Waals surface area contributed by atoms with Crippen LogP contribution >= 0.6 is 0 Å². The number of hydrogen-bond donors (Lipinski definition) is 1. The lowest BCUT2D eigenvalue weighted by Crippen LogP contribution is -2.35. The van der Waals surface area contributed by atoms with Crippen LogP contribution in [0.25, 0.3) is 0 Å². The summed E-state index contributed by atoms with van der Waals surface area (Å²) in [5.74, 6) is 1.12. The van der Waals surface area contributed by atoms with Crippen molar-refractivity contribution in [2.45, 2.75) is 19.6 Å². The molecule has 110 valence electrons. The van der Waals surface area contributed by atoms with Crippen LogP contribution in [0.4, 0.5) is 0 Å². The van der Waals surface area contributed by atoms with Gasteiger partial charge in [0, 0.05) is 25.0 Å². The van der Waals surface area contributed by atoms with E-state index in [-0.39, 0.29) is 5.91 Å². The zero-order chi connectivity index (χ0) is 15.1. The van der Waals surface area contributed by atoms with Gasteiger partial charge in [0.05, 0.1) is 7.11 Å². The predicted molar refractivity (Wildman–Crippen MR) is 79.2 cm³/mol. The van der Waals surface area contributed by atoms with Gasteiger partial charge in [-0.25, -0.2) is 0 Å². The molecular weight excluding hydrogens is 268 g/mol. The number of benzene rings is 1. The van der Waals surface area contributed by atoms with Gasteiger partial charge >= 0.3 is 0 Å². The van der Waals surface area contributed by atoms with E-state index in [0.717, 1.165) is 5.56 Å². The van der Waals surface area contributed by atoms with Crippen molar-refractivity contribution in [1.82, 2.24) is 10.3 Å². The average Bonchev–Trinajstić information content (AvgIpc) is 2.53. The molecule has 0 spiro atoms. The summed E-state index contributed by atoms with van der Waals surface area (Å²) in [5, 5.41) is 2.82. The molecule has 1 atom stereocenters. The molecule has 0 radical (unpaired) electrons. The molecule has 0 aliphatic carbocycles. The summed E-state index contributed by atoms with van der Waals surface area (Å²) >= 11 is 0. The number of aromatic nitrogens is 1. The molecule has 21 heavy (non-hydrogen) atoms. The first-order chi connectivity index (χ1) is 10.2. The second kappa shape index (κ2) is 7.28. The number of carbonyl (C=O) groups excluding carboxylic acids is 1. The third-order valence-electron chi connectivity index (χ3n) is 2.94. The molecule has 2 rings (SSSR count). The average molecular weight is 286 g/mol. The Balaban J connectivity index is 1.87. The Bertz CT molecular complexity index is 587. The van der Waals surface area contributed by atoms with Gasteiger partial charge in [0.1, 0.15) is 11.5 Å². The monoisotopic (exact) mass is 286 g/mol. The number of amides is 1. The standard InChI is InChI=1S/C16H18N2O3/c1-12(21-15-5-3-4-14(10-15)20-2)16(19)18-11-13-6-8-17-9-7-13/h3-10,12H,11H2,1-2H3,(H,18,19)/t12-/m1/s1. The molecule has 0 fully saturated rings. The number of pyridine rings is 1. The van der Waals surface area contributed by atoms with E-state index in [1.165, 1.54) is 0 Å². The summed E-state index contributed by atoms with van der Waals surface area (Å²) in [6.07, 6.45) is 2.80. The van der Waals surface area contributed by atoms with E-state index in [9.17, 15) is 4.79 Å². The van der Waals surface area contributed by atoms with Crippen LogP contribution in [0.2, 0.25) is 0 Å². The van der Waals surface area contributed by atoms with E-state index < -0.39 is 6.10 Å². The van der Waals surface area contributed by atoms with Crippen molar-refractivity contribution in [3.05, 3.63) is 54.4 Å². The second-order valence-electron chi connectivity index (χ2n) is 4.51. The summed E-state index contributed by atoms with van der Waals surface area (Å²) in [5.41, 5.74) is 0.993. The van der Waals surface area contributed by atoms with Crippen molar-refractivity contribution in [3.63, 3.8) is 0 Å².